The third kappa shape index (κ3) is 4.63. The second kappa shape index (κ2) is 9.05. The van der Waals surface area contributed by atoms with Crippen molar-refractivity contribution in [3.63, 3.8) is 0 Å². The maximum absolute atomic E-state index is 13.0. The number of hydrogen-bond donors (Lipinski definition) is 1. The third-order valence-corrected chi connectivity index (χ3v) is 8.92. The number of aryl methyl sites for hydroxylation is 1. The maximum atomic E-state index is 13.0. The topological polar surface area (TPSA) is 80.9 Å². The quantitative estimate of drug-likeness (QED) is 0.789. The molecule has 4 rings (SSSR count). The molecule has 1 aromatic rings. The fourth-order valence-corrected chi connectivity index (χ4v) is 7.09. The van der Waals surface area contributed by atoms with Crippen molar-refractivity contribution in [1.29, 1.82) is 0 Å². The highest BCUT2D eigenvalue weighted by Crippen LogP contribution is 2.53. The largest absolute Gasteiger partial charge is 0.390 e. The van der Waals surface area contributed by atoms with Crippen LogP contribution in [0.3, 0.4) is 0 Å². The fraction of sp³-hybridized carbons (Fsp3) is 0.917. The Morgan fingerprint density at radius 1 is 1.10 bits per heavy atom. The predicted octanol–water partition coefficient (Wildman–Crippen LogP) is 4.35. The van der Waals surface area contributed by atoms with E-state index in [4.69, 9.17) is 0 Å². The molecule has 0 radical (unpaired) electrons. The second-order valence-corrected chi connectivity index (χ2v) is 10.7. The van der Waals surface area contributed by atoms with Crippen molar-refractivity contribution >= 4 is 5.78 Å². The van der Waals surface area contributed by atoms with E-state index >= 15 is 0 Å². The molecule has 6 nitrogen and oxygen atoms in total. The molecule has 0 aromatic carbocycles. The van der Waals surface area contributed by atoms with E-state index < -0.39 is 5.60 Å². The zero-order chi connectivity index (χ0) is 21.3. The molecular formula is C24H40N4O2. The van der Waals surface area contributed by atoms with E-state index in [0.717, 1.165) is 62.7 Å². The summed E-state index contributed by atoms with van der Waals surface area (Å²) < 4.78 is 0. The molecule has 0 spiro atoms. The van der Waals surface area contributed by atoms with E-state index in [2.05, 4.69) is 29.3 Å². The van der Waals surface area contributed by atoms with Crippen LogP contribution < -0.4 is 0 Å². The number of nitrogens with zero attached hydrogens (tertiary/aromatic N) is 4. The molecular weight excluding hydrogens is 376 g/mol. The molecule has 3 fully saturated rings. The lowest BCUT2D eigenvalue weighted by atomic mass is 9.55. The van der Waals surface area contributed by atoms with Gasteiger partial charge >= 0.3 is 0 Å². The second-order valence-electron chi connectivity index (χ2n) is 10.7. The summed E-state index contributed by atoms with van der Waals surface area (Å²) >= 11 is 0. The number of aromatic nitrogens is 4. The van der Waals surface area contributed by atoms with Gasteiger partial charge < -0.3 is 5.11 Å². The molecule has 0 amide bonds. The first-order chi connectivity index (χ1) is 14.4. The van der Waals surface area contributed by atoms with E-state index in [9.17, 15) is 9.90 Å². The van der Waals surface area contributed by atoms with Crippen molar-refractivity contribution in [3.05, 3.63) is 5.82 Å². The van der Waals surface area contributed by atoms with Crippen molar-refractivity contribution in [2.24, 2.45) is 35.5 Å². The number of hydrogen-bond acceptors (Lipinski definition) is 5. The van der Waals surface area contributed by atoms with Crippen LogP contribution in [0.4, 0.5) is 0 Å². The van der Waals surface area contributed by atoms with Crippen molar-refractivity contribution in [3.8, 4) is 0 Å². The molecule has 3 saturated carbocycles. The lowest BCUT2D eigenvalue weighted by Crippen LogP contribution is -2.46. The van der Waals surface area contributed by atoms with Gasteiger partial charge in [-0.25, -0.2) is 0 Å². The van der Waals surface area contributed by atoms with Gasteiger partial charge in [-0.2, -0.15) is 4.80 Å². The van der Waals surface area contributed by atoms with Crippen molar-refractivity contribution in [2.75, 3.05) is 0 Å². The van der Waals surface area contributed by atoms with Crippen LogP contribution in [-0.2, 0) is 11.3 Å². The van der Waals surface area contributed by atoms with Gasteiger partial charge in [0.05, 0.1) is 5.60 Å². The summed E-state index contributed by atoms with van der Waals surface area (Å²) in [5.74, 6) is 4.78. The van der Waals surface area contributed by atoms with Gasteiger partial charge in [-0.1, -0.05) is 20.3 Å². The number of aliphatic hydroxyl groups is 1. The Morgan fingerprint density at radius 2 is 1.93 bits per heavy atom. The summed E-state index contributed by atoms with van der Waals surface area (Å²) in [5, 5.41) is 22.9. The SMILES string of the molecule is CC[C@@]1(O)CC[C@H]2[C@H](CC[C@@H]3[C@@H]2CCC[C@@H](C(=O)Cn2nnc(C)n2)CC[C@@H]3C)C1. The smallest absolute Gasteiger partial charge is 0.171 e. The third-order valence-electron chi connectivity index (χ3n) is 8.92. The molecule has 6 heteroatoms. The molecule has 1 aromatic heterocycles. The van der Waals surface area contributed by atoms with Crippen LogP contribution in [0.25, 0.3) is 0 Å². The molecule has 0 saturated heterocycles. The summed E-state index contributed by atoms with van der Waals surface area (Å²) in [4.78, 5) is 14.4. The van der Waals surface area contributed by atoms with Gasteiger partial charge in [-0.15, -0.1) is 10.2 Å². The number of Topliss-reactive ketones (excluding diaryl/α,β-unsaturated/α-hetero) is 1. The van der Waals surface area contributed by atoms with Crippen molar-refractivity contribution < 1.29 is 9.90 Å². The van der Waals surface area contributed by atoms with Crippen molar-refractivity contribution in [2.45, 2.75) is 104 Å². The first-order valence-electron chi connectivity index (χ1n) is 12.4. The molecule has 1 N–H and O–H groups in total. The van der Waals surface area contributed by atoms with Crippen LogP contribution in [-0.4, -0.2) is 36.7 Å². The molecule has 3 aliphatic rings. The van der Waals surface area contributed by atoms with E-state index in [1.54, 1.807) is 6.92 Å². The minimum Gasteiger partial charge on any atom is -0.390 e. The van der Waals surface area contributed by atoms with Crippen LogP contribution in [0.5, 0.6) is 0 Å². The molecule has 7 atom stereocenters. The fourth-order valence-electron chi connectivity index (χ4n) is 7.09. The summed E-state index contributed by atoms with van der Waals surface area (Å²) in [6.45, 7) is 6.63. The molecule has 0 bridgehead atoms. The molecule has 0 aliphatic heterocycles. The van der Waals surface area contributed by atoms with Gasteiger partial charge in [0.2, 0.25) is 0 Å². The summed E-state index contributed by atoms with van der Waals surface area (Å²) in [7, 11) is 0. The number of tetrazole rings is 1. The van der Waals surface area contributed by atoms with Crippen LogP contribution in [0.15, 0.2) is 0 Å². The summed E-state index contributed by atoms with van der Waals surface area (Å²) in [6.07, 6.45) is 12.2. The van der Waals surface area contributed by atoms with Crippen LogP contribution in [0.2, 0.25) is 0 Å². The highest BCUT2D eigenvalue weighted by atomic mass is 16.3. The number of carbonyl (C=O) groups is 1. The average molecular weight is 417 g/mol. The van der Waals surface area contributed by atoms with Crippen molar-refractivity contribution in [1.82, 2.24) is 20.2 Å². The van der Waals surface area contributed by atoms with E-state index in [1.807, 2.05) is 0 Å². The monoisotopic (exact) mass is 416 g/mol. The highest BCUT2D eigenvalue weighted by molar-refractivity contribution is 5.80. The van der Waals surface area contributed by atoms with E-state index in [1.165, 1.54) is 30.5 Å². The highest BCUT2D eigenvalue weighted by Gasteiger charge is 2.47. The molecule has 1 heterocycles. The molecule has 168 valence electrons. The zero-order valence-corrected chi connectivity index (χ0v) is 19.1. The van der Waals surface area contributed by atoms with Crippen LogP contribution >= 0.6 is 0 Å². The Labute approximate surface area is 181 Å². The first-order valence-corrected chi connectivity index (χ1v) is 12.4. The Hall–Kier alpha value is -1.30. The van der Waals surface area contributed by atoms with Gasteiger partial charge in [0, 0.05) is 5.92 Å². The predicted molar refractivity (Wildman–Crippen MR) is 116 cm³/mol. The number of fused-ring (bicyclic) bond motifs is 3. The lowest BCUT2D eigenvalue weighted by molar-refractivity contribution is -0.124. The average Bonchev–Trinajstić information content (AvgIpc) is 3.16. The molecule has 0 unspecified atom stereocenters. The van der Waals surface area contributed by atoms with Gasteiger partial charge in [0.15, 0.2) is 11.6 Å². The number of rotatable bonds is 4. The Morgan fingerprint density at radius 3 is 2.67 bits per heavy atom. The van der Waals surface area contributed by atoms with E-state index in [-0.39, 0.29) is 18.2 Å². The Balaban J connectivity index is 1.41. The first kappa shape index (κ1) is 21.9. The number of carbonyl (C=O) groups excluding carboxylic acids is 1. The molecule has 30 heavy (non-hydrogen) atoms. The lowest BCUT2D eigenvalue weighted by Gasteiger charge is -2.51. The van der Waals surface area contributed by atoms with Crippen LogP contribution in [0, 0.1) is 42.4 Å². The van der Waals surface area contributed by atoms with Gasteiger partial charge in [0.25, 0.3) is 0 Å². The maximum Gasteiger partial charge on any atom is 0.171 e. The minimum atomic E-state index is -0.413. The van der Waals surface area contributed by atoms with E-state index in [0.29, 0.717) is 17.7 Å². The normalized spacial score (nSPS) is 39.9. The standard InChI is InChI=1S/C24H40N4O2/c1-4-24(30)13-12-21-19(14-24)10-11-20-16(2)8-9-18(6-5-7-22(20)21)23(29)15-28-26-17(3)25-27-28/h16,18-22,30H,4-15H2,1-3H3/t16-,18+,19+,20-,21-,22-,24+/m0/s1. The van der Waals surface area contributed by atoms with Crippen LogP contribution in [0.1, 0.15) is 90.3 Å². The summed E-state index contributed by atoms with van der Waals surface area (Å²) in [5.41, 5.74) is -0.413. The number of ketones is 1. The van der Waals surface area contributed by atoms with Gasteiger partial charge in [-0.05, 0) is 106 Å². The molecule has 3 aliphatic carbocycles. The Kier molecular flexibility index (Phi) is 6.61. The summed E-state index contributed by atoms with van der Waals surface area (Å²) in [6, 6.07) is 0. The van der Waals surface area contributed by atoms with Gasteiger partial charge in [-0.3, -0.25) is 4.79 Å². The minimum absolute atomic E-state index is 0.131. The Bertz CT molecular complexity index is 735. The zero-order valence-electron chi connectivity index (χ0n) is 19.1. The van der Waals surface area contributed by atoms with Gasteiger partial charge in [0.1, 0.15) is 6.54 Å².